The van der Waals surface area contributed by atoms with Gasteiger partial charge in [-0.1, -0.05) is 0 Å². The predicted octanol–water partition coefficient (Wildman–Crippen LogP) is 1.07. The lowest BCUT2D eigenvalue weighted by atomic mass is 10.4. The highest BCUT2D eigenvalue weighted by Crippen LogP contribution is 2.24. The van der Waals surface area contributed by atoms with Gasteiger partial charge in [0.15, 0.2) is 11.6 Å². The number of hydrogen-bond acceptors (Lipinski definition) is 6. The lowest BCUT2D eigenvalue weighted by molar-refractivity contribution is 1.22. The summed E-state index contributed by atoms with van der Waals surface area (Å²) in [5, 5.41) is 0.984. The highest BCUT2D eigenvalue weighted by atomic mass is 32.1. The smallest absolute Gasteiger partial charge is 0.166 e. The van der Waals surface area contributed by atoms with Crippen molar-refractivity contribution in [1.29, 1.82) is 0 Å². The molecule has 14 heavy (non-hydrogen) atoms. The second-order valence-electron chi connectivity index (χ2n) is 2.77. The summed E-state index contributed by atoms with van der Waals surface area (Å²) in [6.07, 6.45) is 3.35. The van der Waals surface area contributed by atoms with Crippen molar-refractivity contribution in [3.05, 3.63) is 17.4 Å². The number of anilines is 2. The zero-order valence-corrected chi connectivity index (χ0v) is 8.38. The quantitative estimate of drug-likeness (QED) is 0.730. The number of nitrogens with two attached hydrogens (primary N) is 2. The fourth-order valence-electron chi connectivity index (χ4n) is 1.01. The Hall–Kier alpha value is -1.69. The molecule has 2 aromatic heterocycles. The van der Waals surface area contributed by atoms with Crippen LogP contribution in [0.25, 0.3) is 10.6 Å². The topological polar surface area (TPSA) is 90.7 Å². The molecule has 2 aromatic rings. The van der Waals surface area contributed by atoms with Crippen LogP contribution in [0.4, 0.5) is 11.6 Å². The standard InChI is InChI=1S/C8H9N5S/c1-4-11-3-6(14-4)5-2-12-7(9)8(10)13-5/h2-3H,1H3,(H2,9,12)(H2,10,13). The van der Waals surface area contributed by atoms with Gasteiger partial charge in [0.05, 0.1) is 16.1 Å². The Kier molecular flexibility index (Phi) is 2.05. The van der Waals surface area contributed by atoms with Crippen LogP contribution in [0.3, 0.4) is 0 Å². The fraction of sp³-hybridized carbons (Fsp3) is 0.125. The Labute approximate surface area is 84.8 Å². The van der Waals surface area contributed by atoms with Gasteiger partial charge in [0.1, 0.15) is 5.69 Å². The maximum atomic E-state index is 5.55. The van der Waals surface area contributed by atoms with Crippen LogP contribution in [0.5, 0.6) is 0 Å². The largest absolute Gasteiger partial charge is 0.381 e. The molecule has 6 heteroatoms. The molecule has 0 fully saturated rings. The molecule has 0 aliphatic carbocycles. The Morgan fingerprint density at radius 2 is 1.93 bits per heavy atom. The van der Waals surface area contributed by atoms with Crippen LogP contribution < -0.4 is 11.5 Å². The van der Waals surface area contributed by atoms with Gasteiger partial charge < -0.3 is 11.5 Å². The summed E-state index contributed by atoms with van der Waals surface area (Å²) in [6.45, 7) is 1.93. The number of thiazole rings is 1. The van der Waals surface area contributed by atoms with E-state index in [9.17, 15) is 0 Å². The maximum absolute atomic E-state index is 5.55. The van der Waals surface area contributed by atoms with E-state index in [-0.39, 0.29) is 11.6 Å². The van der Waals surface area contributed by atoms with E-state index in [4.69, 9.17) is 11.5 Å². The molecule has 0 saturated heterocycles. The first kappa shape index (κ1) is 8.89. The second-order valence-corrected chi connectivity index (χ2v) is 4.00. The van der Waals surface area contributed by atoms with Gasteiger partial charge >= 0.3 is 0 Å². The number of aryl methyl sites for hydroxylation is 1. The zero-order chi connectivity index (χ0) is 10.1. The molecule has 0 atom stereocenters. The molecule has 0 saturated carbocycles. The Morgan fingerprint density at radius 3 is 2.50 bits per heavy atom. The van der Waals surface area contributed by atoms with Crippen molar-refractivity contribution in [2.45, 2.75) is 6.92 Å². The lowest BCUT2D eigenvalue weighted by Gasteiger charge is -1.99. The van der Waals surface area contributed by atoms with Crippen LogP contribution in [0.15, 0.2) is 12.4 Å². The van der Waals surface area contributed by atoms with E-state index < -0.39 is 0 Å². The first-order valence-corrected chi connectivity index (χ1v) is 4.79. The monoisotopic (exact) mass is 207 g/mol. The lowest BCUT2D eigenvalue weighted by Crippen LogP contribution is -2.00. The van der Waals surface area contributed by atoms with Gasteiger partial charge in [-0.15, -0.1) is 11.3 Å². The van der Waals surface area contributed by atoms with E-state index in [0.29, 0.717) is 5.69 Å². The number of rotatable bonds is 1. The molecular weight excluding hydrogens is 198 g/mol. The van der Waals surface area contributed by atoms with Crippen molar-refractivity contribution in [3.8, 4) is 10.6 Å². The summed E-state index contributed by atoms with van der Waals surface area (Å²) in [4.78, 5) is 13.1. The molecule has 0 aromatic carbocycles. The van der Waals surface area contributed by atoms with Crippen LogP contribution in [-0.4, -0.2) is 15.0 Å². The number of aromatic nitrogens is 3. The van der Waals surface area contributed by atoms with E-state index in [2.05, 4.69) is 15.0 Å². The summed E-state index contributed by atoms with van der Waals surface area (Å²) in [7, 11) is 0. The summed E-state index contributed by atoms with van der Waals surface area (Å²) in [5.41, 5.74) is 11.7. The van der Waals surface area contributed by atoms with Crippen molar-refractivity contribution in [2.75, 3.05) is 11.5 Å². The number of nitrogens with zero attached hydrogens (tertiary/aromatic N) is 3. The van der Waals surface area contributed by atoms with E-state index in [1.54, 1.807) is 23.7 Å². The van der Waals surface area contributed by atoms with Crippen LogP contribution in [-0.2, 0) is 0 Å². The molecule has 0 aliphatic heterocycles. The number of hydrogen-bond donors (Lipinski definition) is 2. The van der Waals surface area contributed by atoms with Gasteiger partial charge in [-0.25, -0.2) is 15.0 Å². The third kappa shape index (κ3) is 1.51. The minimum Gasteiger partial charge on any atom is -0.381 e. The average Bonchev–Trinajstić information content (AvgIpc) is 2.57. The minimum absolute atomic E-state index is 0.258. The summed E-state index contributed by atoms with van der Waals surface area (Å²) in [5.74, 6) is 0.517. The predicted molar refractivity (Wildman–Crippen MR) is 56.7 cm³/mol. The van der Waals surface area contributed by atoms with E-state index in [0.717, 1.165) is 9.88 Å². The normalized spacial score (nSPS) is 10.4. The van der Waals surface area contributed by atoms with Gasteiger partial charge in [0.2, 0.25) is 0 Å². The molecule has 72 valence electrons. The molecule has 0 radical (unpaired) electrons. The highest BCUT2D eigenvalue weighted by Gasteiger charge is 2.05. The van der Waals surface area contributed by atoms with Crippen molar-refractivity contribution in [3.63, 3.8) is 0 Å². The van der Waals surface area contributed by atoms with E-state index in [1.165, 1.54) is 0 Å². The summed E-state index contributed by atoms with van der Waals surface area (Å²) >= 11 is 1.55. The maximum Gasteiger partial charge on any atom is 0.166 e. The van der Waals surface area contributed by atoms with Crippen molar-refractivity contribution >= 4 is 23.0 Å². The molecule has 5 nitrogen and oxygen atoms in total. The summed E-state index contributed by atoms with van der Waals surface area (Å²) < 4.78 is 0. The van der Waals surface area contributed by atoms with Crippen LogP contribution in [0.2, 0.25) is 0 Å². The third-order valence-corrected chi connectivity index (χ3v) is 2.64. The van der Waals surface area contributed by atoms with Crippen LogP contribution in [0.1, 0.15) is 5.01 Å². The van der Waals surface area contributed by atoms with Gasteiger partial charge in [-0.3, -0.25) is 0 Å². The van der Waals surface area contributed by atoms with Crippen molar-refractivity contribution < 1.29 is 0 Å². The van der Waals surface area contributed by atoms with Gasteiger partial charge in [0, 0.05) is 6.20 Å². The second kappa shape index (κ2) is 3.22. The van der Waals surface area contributed by atoms with Crippen molar-refractivity contribution in [2.24, 2.45) is 0 Å². The minimum atomic E-state index is 0.258. The molecule has 0 unspecified atom stereocenters. The Morgan fingerprint density at radius 1 is 1.14 bits per heavy atom. The molecule has 0 aliphatic rings. The number of nitrogen functional groups attached to an aromatic ring is 2. The highest BCUT2D eigenvalue weighted by molar-refractivity contribution is 7.15. The molecule has 0 amide bonds. The van der Waals surface area contributed by atoms with Gasteiger partial charge in [-0.2, -0.15) is 0 Å². The van der Waals surface area contributed by atoms with E-state index in [1.807, 2.05) is 6.92 Å². The first-order chi connectivity index (χ1) is 6.66. The SMILES string of the molecule is Cc1ncc(-c2cnc(N)c(N)n2)s1. The summed E-state index contributed by atoms with van der Waals surface area (Å²) in [6, 6.07) is 0. The Bertz CT molecular complexity index is 465. The van der Waals surface area contributed by atoms with Gasteiger partial charge in [0.25, 0.3) is 0 Å². The van der Waals surface area contributed by atoms with Crippen LogP contribution in [0, 0.1) is 6.92 Å². The molecule has 2 rings (SSSR count). The molecule has 2 heterocycles. The third-order valence-electron chi connectivity index (χ3n) is 1.70. The van der Waals surface area contributed by atoms with E-state index >= 15 is 0 Å². The average molecular weight is 207 g/mol. The Balaban J connectivity index is 2.47. The fourth-order valence-corrected chi connectivity index (χ4v) is 1.74. The van der Waals surface area contributed by atoms with Crippen molar-refractivity contribution in [1.82, 2.24) is 15.0 Å². The molecule has 4 N–H and O–H groups in total. The molecule has 0 spiro atoms. The zero-order valence-electron chi connectivity index (χ0n) is 7.56. The first-order valence-electron chi connectivity index (χ1n) is 3.97. The van der Waals surface area contributed by atoms with Crippen LogP contribution >= 0.6 is 11.3 Å². The van der Waals surface area contributed by atoms with Gasteiger partial charge in [-0.05, 0) is 6.92 Å². The molecule has 0 bridgehead atoms. The molecular formula is C8H9N5S.